The summed E-state index contributed by atoms with van der Waals surface area (Å²) in [6.45, 7) is 1.70. The van der Waals surface area contributed by atoms with Gasteiger partial charge >= 0.3 is 0 Å². The van der Waals surface area contributed by atoms with Gasteiger partial charge in [-0.2, -0.15) is 0 Å². The van der Waals surface area contributed by atoms with Crippen molar-refractivity contribution in [2.75, 3.05) is 0 Å². The maximum atomic E-state index is 13.1. The smallest absolute Gasteiger partial charge is 0.242 e. The van der Waals surface area contributed by atoms with E-state index >= 15 is 0 Å². The zero-order valence-electron chi connectivity index (χ0n) is 12.5. The number of aromatic nitrogens is 1. The number of nitrogens with one attached hydrogen (secondary N) is 1. The fourth-order valence-electron chi connectivity index (χ4n) is 2.45. The molecule has 0 radical (unpaired) electrons. The molecule has 1 aliphatic rings. The zero-order chi connectivity index (χ0) is 16.6. The Kier molecular flexibility index (Phi) is 4.40. The van der Waals surface area contributed by atoms with Crippen molar-refractivity contribution in [1.82, 2.24) is 9.71 Å². The summed E-state index contributed by atoms with van der Waals surface area (Å²) in [6.07, 6.45) is 3.14. The monoisotopic (exact) mass is 354 g/mol. The SMILES string of the molecule is Cc1cc(S(=O)(=O)NC(c2ccc(F)cc2)C2CC2)cnc1Cl. The summed E-state index contributed by atoms with van der Waals surface area (Å²) in [4.78, 5) is 3.97. The summed E-state index contributed by atoms with van der Waals surface area (Å²) < 4.78 is 41.0. The van der Waals surface area contributed by atoms with Crippen LogP contribution in [0.5, 0.6) is 0 Å². The molecule has 3 rings (SSSR count). The molecule has 0 spiro atoms. The molecule has 1 unspecified atom stereocenters. The van der Waals surface area contributed by atoms with Gasteiger partial charge in [-0.05, 0) is 55.0 Å². The van der Waals surface area contributed by atoms with E-state index in [0.29, 0.717) is 5.56 Å². The minimum Gasteiger partial charge on any atom is -0.243 e. The van der Waals surface area contributed by atoms with Crippen LogP contribution >= 0.6 is 11.6 Å². The second-order valence-corrected chi connectivity index (χ2v) is 7.84. The second-order valence-electron chi connectivity index (χ2n) is 5.77. The van der Waals surface area contributed by atoms with Crippen LogP contribution in [0.1, 0.15) is 30.0 Å². The van der Waals surface area contributed by atoms with Crippen molar-refractivity contribution in [3.05, 3.63) is 58.6 Å². The van der Waals surface area contributed by atoms with Gasteiger partial charge in [-0.25, -0.2) is 22.5 Å². The van der Waals surface area contributed by atoms with Crippen molar-refractivity contribution in [2.45, 2.75) is 30.7 Å². The molecular weight excluding hydrogens is 339 g/mol. The normalized spacial score (nSPS) is 16.3. The van der Waals surface area contributed by atoms with Gasteiger partial charge in [0.1, 0.15) is 15.9 Å². The lowest BCUT2D eigenvalue weighted by Gasteiger charge is -2.19. The van der Waals surface area contributed by atoms with E-state index in [1.54, 1.807) is 19.1 Å². The topological polar surface area (TPSA) is 59.1 Å². The Morgan fingerprint density at radius 2 is 1.96 bits per heavy atom. The highest BCUT2D eigenvalue weighted by molar-refractivity contribution is 7.89. The molecule has 1 aromatic heterocycles. The molecule has 1 fully saturated rings. The van der Waals surface area contributed by atoms with Crippen molar-refractivity contribution in [2.24, 2.45) is 5.92 Å². The van der Waals surface area contributed by atoms with Crippen LogP contribution in [0.2, 0.25) is 5.15 Å². The number of halogens is 2. The maximum absolute atomic E-state index is 13.1. The predicted octanol–water partition coefficient (Wildman–Crippen LogP) is 3.61. The summed E-state index contributed by atoms with van der Waals surface area (Å²) in [5.74, 6) is -0.111. The average Bonchev–Trinajstić information content (AvgIpc) is 3.33. The van der Waals surface area contributed by atoms with Crippen LogP contribution in [0.15, 0.2) is 41.4 Å². The minimum atomic E-state index is -3.73. The summed E-state index contributed by atoms with van der Waals surface area (Å²) in [5.41, 5.74) is 1.36. The molecule has 1 saturated carbocycles. The Balaban J connectivity index is 1.90. The number of pyridine rings is 1. The summed E-state index contributed by atoms with van der Waals surface area (Å²) in [5, 5.41) is 0.279. The number of benzene rings is 1. The molecule has 1 aromatic carbocycles. The van der Waals surface area contributed by atoms with E-state index in [9.17, 15) is 12.8 Å². The van der Waals surface area contributed by atoms with Crippen LogP contribution in [0, 0.1) is 18.7 Å². The van der Waals surface area contributed by atoms with Crippen molar-refractivity contribution in [3.63, 3.8) is 0 Å². The van der Waals surface area contributed by atoms with Crippen LogP contribution in [-0.2, 0) is 10.0 Å². The van der Waals surface area contributed by atoms with E-state index in [2.05, 4.69) is 9.71 Å². The fourth-order valence-corrected chi connectivity index (χ4v) is 3.88. The van der Waals surface area contributed by atoms with Crippen molar-refractivity contribution < 1.29 is 12.8 Å². The summed E-state index contributed by atoms with van der Waals surface area (Å²) in [7, 11) is -3.73. The number of nitrogens with zero attached hydrogens (tertiary/aromatic N) is 1. The highest BCUT2D eigenvalue weighted by atomic mass is 35.5. The molecule has 4 nitrogen and oxygen atoms in total. The minimum absolute atomic E-state index is 0.0761. The quantitative estimate of drug-likeness (QED) is 0.834. The third kappa shape index (κ3) is 3.71. The molecule has 0 amide bonds. The first-order valence-electron chi connectivity index (χ1n) is 7.27. The number of hydrogen-bond acceptors (Lipinski definition) is 3. The largest absolute Gasteiger partial charge is 0.243 e. The molecule has 7 heteroatoms. The number of aryl methyl sites for hydroxylation is 1. The van der Waals surface area contributed by atoms with E-state index in [-0.39, 0.29) is 27.8 Å². The Bertz CT molecular complexity index is 820. The third-order valence-corrected chi connectivity index (χ3v) is 5.71. The highest BCUT2D eigenvalue weighted by Crippen LogP contribution is 2.41. The lowest BCUT2D eigenvalue weighted by atomic mass is 10.0. The van der Waals surface area contributed by atoms with Crippen molar-refractivity contribution >= 4 is 21.6 Å². The van der Waals surface area contributed by atoms with Gasteiger partial charge in [0.2, 0.25) is 10.0 Å². The molecular formula is C16H16ClFN2O2S. The Hall–Kier alpha value is -1.50. The molecule has 1 N–H and O–H groups in total. The molecule has 0 bridgehead atoms. The van der Waals surface area contributed by atoms with Crippen LogP contribution in [0.25, 0.3) is 0 Å². The maximum Gasteiger partial charge on any atom is 0.242 e. The molecule has 122 valence electrons. The van der Waals surface area contributed by atoms with Gasteiger partial charge in [-0.1, -0.05) is 23.7 Å². The van der Waals surface area contributed by atoms with E-state index in [4.69, 9.17) is 11.6 Å². The first kappa shape index (κ1) is 16.4. The van der Waals surface area contributed by atoms with Gasteiger partial charge < -0.3 is 0 Å². The van der Waals surface area contributed by atoms with Crippen LogP contribution < -0.4 is 4.72 Å². The second kappa shape index (κ2) is 6.19. The number of hydrogen-bond donors (Lipinski definition) is 1. The van der Waals surface area contributed by atoms with E-state index in [0.717, 1.165) is 18.4 Å². The molecule has 0 aliphatic heterocycles. The van der Waals surface area contributed by atoms with Crippen LogP contribution in [0.3, 0.4) is 0 Å². The van der Waals surface area contributed by atoms with Crippen molar-refractivity contribution in [1.29, 1.82) is 0 Å². The van der Waals surface area contributed by atoms with Crippen molar-refractivity contribution in [3.8, 4) is 0 Å². The first-order valence-corrected chi connectivity index (χ1v) is 9.13. The van der Waals surface area contributed by atoms with Gasteiger partial charge in [0.05, 0.1) is 0 Å². The van der Waals surface area contributed by atoms with Crippen LogP contribution in [0.4, 0.5) is 4.39 Å². The first-order chi connectivity index (χ1) is 10.9. The van der Waals surface area contributed by atoms with Gasteiger partial charge in [0.25, 0.3) is 0 Å². The molecule has 1 atom stereocenters. The van der Waals surface area contributed by atoms with Gasteiger partial charge in [-0.3, -0.25) is 0 Å². The molecule has 1 heterocycles. The van der Waals surface area contributed by atoms with Gasteiger partial charge in [0, 0.05) is 12.2 Å². The predicted molar refractivity (Wildman–Crippen MR) is 86.2 cm³/mol. The Morgan fingerprint density at radius 3 is 2.52 bits per heavy atom. The lowest BCUT2D eigenvalue weighted by molar-refractivity contribution is 0.527. The Morgan fingerprint density at radius 1 is 1.30 bits per heavy atom. The molecule has 2 aromatic rings. The number of rotatable bonds is 5. The highest BCUT2D eigenvalue weighted by Gasteiger charge is 2.35. The summed E-state index contributed by atoms with van der Waals surface area (Å²) in [6, 6.07) is 7.04. The zero-order valence-corrected chi connectivity index (χ0v) is 14.0. The van der Waals surface area contributed by atoms with E-state index < -0.39 is 10.0 Å². The standard InChI is InChI=1S/C16H16ClFN2O2S/c1-10-8-14(9-19-16(10)17)23(21,22)20-15(11-2-3-11)12-4-6-13(18)7-5-12/h4-9,11,15,20H,2-3H2,1H3. The van der Waals surface area contributed by atoms with E-state index in [1.807, 2.05) is 0 Å². The van der Waals surface area contributed by atoms with E-state index in [1.165, 1.54) is 24.4 Å². The lowest BCUT2D eigenvalue weighted by Crippen LogP contribution is -2.30. The van der Waals surface area contributed by atoms with Crippen LogP contribution in [-0.4, -0.2) is 13.4 Å². The number of sulfonamides is 1. The Labute approximate surface area is 139 Å². The van der Waals surface area contributed by atoms with Gasteiger partial charge in [0.15, 0.2) is 0 Å². The summed E-state index contributed by atoms with van der Waals surface area (Å²) >= 11 is 5.85. The average molecular weight is 355 g/mol. The fraction of sp³-hybridized carbons (Fsp3) is 0.312. The molecule has 1 aliphatic carbocycles. The molecule has 23 heavy (non-hydrogen) atoms. The third-order valence-electron chi connectivity index (χ3n) is 3.90. The molecule has 0 saturated heterocycles. The van der Waals surface area contributed by atoms with Gasteiger partial charge in [-0.15, -0.1) is 0 Å².